The molecule has 124 valence electrons. The molecule has 0 bridgehead atoms. The normalized spacial score (nSPS) is 12.5. The van der Waals surface area contributed by atoms with Crippen LogP contribution < -0.4 is 4.74 Å². The summed E-state index contributed by atoms with van der Waals surface area (Å²) in [5.41, 5.74) is 0.400. The number of carbonyl (C=O) groups excluding carboxylic acids is 1. The Morgan fingerprint density at radius 3 is 2.61 bits per heavy atom. The minimum Gasteiger partial charge on any atom is -0.480 e. The highest BCUT2D eigenvalue weighted by atomic mass is 79.9. The predicted molar refractivity (Wildman–Crippen MR) is 88.7 cm³/mol. The number of carbonyl (C=O) groups is 1. The van der Waals surface area contributed by atoms with E-state index in [1.807, 2.05) is 0 Å². The maximum absolute atomic E-state index is 13.4. The maximum Gasteiger partial charge on any atom is 0.259 e. The lowest BCUT2D eigenvalue weighted by atomic mass is 10.1. The van der Waals surface area contributed by atoms with Gasteiger partial charge in [0.15, 0.2) is 0 Å². The molecular weight excluding hydrogens is 370 g/mol. The Hall–Kier alpha value is -2.02. The lowest BCUT2D eigenvalue weighted by molar-refractivity contribution is 0.0760. The molecule has 0 saturated carbocycles. The Bertz CT molecular complexity index is 674. The molecule has 23 heavy (non-hydrogen) atoms. The summed E-state index contributed by atoms with van der Waals surface area (Å²) in [6, 6.07) is 0.493. The maximum atomic E-state index is 13.4. The molecule has 0 aliphatic rings. The Kier molecular flexibility index (Phi) is 6.62. The SMILES string of the molecule is C=C(F)/C=C(\C(=C)Br)C(C)N(C)C(=O)c1cc(F)cnc1OC. The van der Waals surface area contributed by atoms with Gasteiger partial charge in [-0.25, -0.2) is 13.8 Å². The van der Waals surface area contributed by atoms with Crippen molar-refractivity contribution in [1.29, 1.82) is 0 Å². The fourth-order valence-electron chi connectivity index (χ4n) is 1.91. The number of hydrogen-bond acceptors (Lipinski definition) is 3. The van der Waals surface area contributed by atoms with Crippen LogP contribution in [0, 0.1) is 5.82 Å². The van der Waals surface area contributed by atoms with Gasteiger partial charge in [-0.1, -0.05) is 29.1 Å². The van der Waals surface area contributed by atoms with Crippen LogP contribution >= 0.6 is 15.9 Å². The molecule has 0 saturated heterocycles. The number of rotatable bonds is 6. The van der Waals surface area contributed by atoms with Gasteiger partial charge in [0.05, 0.1) is 19.3 Å². The molecule has 1 rings (SSSR count). The Balaban J connectivity index is 3.20. The first kappa shape index (κ1) is 19.0. The van der Waals surface area contributed by atoms with Crippen LogP contribution in [0.15, 0.2) is 47.4 Å². The molecule has 1 aromatic rings. The van der Waals surface area contributed by atoms with Crippen LogP contribution in [0.25, 0.3) is 0 Å². The number of halogens is 3. The summed E-state index contributed by atoms with van der Waals surface area (Å²) < 4.78 is 31.9. The number of likely N-dealkylation sites (N-methyl/N-ethyl adjacent to an activating group) is 1. The molecule has 7 heteroatoms. The van der Waals surface area contributed by atoms with E-state index in [2.05, 4.69) is 34.1 Å². The minimum atomic E-state index is -0.668. The summed E-state index contributed by atoms with van der Waals surface area (Å²) in [6.45, 7) is 8.55. The van der Waals surface area contributed by atoms with Crippen molar-refractivity contribution in [2.75, 3.05) is 14.2 Å². The lowest BCUT2D eigenvalue weighted by Gasteiger charge is -2.27. The molecule has 1 heterocycles. The number of allylic oxidation sites excluding steroid dienone is 2. The molecule has 0 spiro atoms. The standard InChI is InChI=1S/C16H17BrF2N2O2/c1-9(18)6-13(10(2)17)11(3)21(4)16(22)14-7-12(19)8-20-15(14)23-5/h6-8,11H,1-2H2,3-5H3/b13-6+. The molecule has 1 aromatic heterocycles. The van der Waals surface area contributed by atoms with Crippen molar-refractivity contribution in [3.8, 4) is 5.88 Å². The molecule has 1 unspecified atom stereocenters. The molecule has 0 N–H and O–H groups in total. The molecular formula is C16H17BrF2N2O2. The summed E-state index contributed by atoms with van der Waals surface area (Å²) in [6.07, 6.45) is 2.13. The van der Waals surface area contributed by atoms with Crippen LogP contribution in [0.4, 0.5) is 8.78 Å². The summed E-state index contributed by atoms with van der Waals surface area (Å²) in [5, 5.41) is 0. The highest BCUT2D eigenvalue weighted by Gasteiger charge is 2.25. The topological polar surface area (TPSA) is 42.4 Å². The van der Waals surface area contributed by atoms with Crippen LogP contribution in [0.2, 0.25) is 0 Å². The summed E-state index contributed by atoms with van der Waals surface area (Å²) in [7, 11) is 2.83. The van der Waals surface area contributed by atoms with Gasteiger partial charge in [-0.3, -0.25) is 4.79 Å². The molecule has 0 fully saturated rings. The molecule has 0 aromatic carbocycles. The zero-order valence-corrected chi connectivity index (χ0v) is 14.7. The zero-order valence-electron chi connectivity index (χ0n) is 13.1. The number of hydrogen-bond donors (Lipinski definition) is 0. The molecule has 4 nitrogen and oxygen atoms in total. The van der Waals surface area contributed by atoms with Crippen LogP contribution in [-0.2, 0) is 0 Å². The lowest BCUT2D eigenvalue weighted by Crippen LogP contribution is -2.36. The van der Waals surface area contributed by atoms with E-state index in [0.717, 1.165) is 12.3 Å². The third-order valence-corrected chi connectivity index (χ3v) is 3.68. The van der Waals surface area contributed by atoms with Crippen molar-refractivity contribution in [3.05, 3.63) is 58.8 Å². The van der Waals surface area contributed by atoms with Crippen molar-refractivity contribution in [1.82, 2.24) is 9.88 Å². The van der Waals surface area contributed by atoms with Gasteiger partial charge in [-0.15, -0.1) is 0 Å². The first-order chi connectivity index (χ1) is 10.7. The van der Waals surface area contributed by atoms with E-state index in [1.165, 1.54) is 25.1 Å². The second-order valence-electron chi connectivity index (χ2n) is 4.75. The van der Waals surface area contributed by atoms with Gasteiger partial charge in [-0.2, -0.15) is 0 Å². The second kappa shape index (κ2) is 8.01. The highest BCUT2D eigenvalue weighted by Crippen LogP contribution is 2.26. The number of ether oxygens (including phenoxy) is 1. The van der Waals surface area contributed by atoms with Gasteiger partial charge in [0.2, 0.25) is 5.88 Å². The number of aromatic nitrogens is 1. The molecule has 0 aliphatic carbocycles. The number of methoxy groups -OCH3 is 1. The van der Waals surface area contributed by atoms with Crippen LogP contribution in [-0.4, -0.2) is 36.0 Å². The second-order valence-corrected chi connectivity index (χ2v) is 5.71. The van der Waals surface area contributed by atoms with Gasteiger partial charge >= 0.3 is 0 Å². The van der Waals surface area contributed by atoms with Gasteiger partial charge in [0, 0.05) is 11.5 Å². The number of amides is 1. The fourth-order valence-corrected chi connectivity index (χ4v) is 2.36. The van der Waals surface area contributed by atoms with Crippen LogP contribution in [0.3, 0.4) is 0 Å². The van der Waals surface area contributed by atoms with E-state index >= 15 is 0 Å². The van der Waals surface area contributed by atoms with E-state index in [1.54, 1.807) is 6.92 Å². The van der Waals surface area contributed by atoms with Gasteiger partial charge in [-0.05, 0) is 24.6 Å². The first-order valence-corrected chi connectivity index (χ1v) is 7.35. The molecule has 0 aliphatic heterocycles. The average molecular weight is 387 g/mol. The highest BCUT2D eigenvalue weighted by molar-refractivity contribution is 9.11. The number of pyridine rings is 1. The van der Waals surface area contributed by atoms with Crippen molar-refractivity contribution in [3.63, 3.8) is 0 Å². The van der Waals surface area contributed by atoms with Gasteiger partial charge in [0.1, 0.15) is 17.2 Å². The van der Waals surface area contributed by atoms with E-state index < -0.39 is 23.6 Å². The van der Waals surface area contributed by atoms with Crippen molar-refractivity contribution in [2.45, 2.75) is 13.0 Å². The fraction of sp³-hybridized carbons (Fsp3) is 0.250. The quantitative estimate of drug-likeness (QED) is 0.693. The Morgan fingerprint density at radius 2 is 2.13 bits per heavy atom. The third kappa shape index (κ3) is 4.72. The minimum absolute atomic E-state index is 0.00792. The molecule has 0 radical (unpaired) electrons. The van der Waals surface area contributed by atoms with Gasteiger partial charge in [0.25, 0.3) is 5.91 Å². The summed E-state index contributed by atoms with van der Waals surface area (Å²) >= 11 is 3.18. The molecule has 1 amide bonds. The van der Waals surface area contributed by atoms with Crippen molar-refractivity contribution < 1.29 is 18.3 Å². The van der Waals surface area contributed by atoms with E-state index in [4.69, 9.17) is 4.74 Å². The van der Waals surface area contributed by atoms with Crippen LogP contribution in [0.1, 0.15) is 17.3 Å². The van der Waals surface area contributed by atoms with E-state index in [9.17, 15) is 13.6 Å². The van der Waals surface area contributed by atoms with Crippen molar-refractivity contribution in [2.24, 2.45) is 0 Å². The van der Waals surface area contributed by atoms with Crippen molar-refractivity contribution >= 4 is 21.8 Å². The summed E-state index contributed by atoms with van der Waals surface area (Å²) in [5.74, 6) is -1.84. The van der Waals surface area contributed by atoms with E-state index in [-0.39, 0.29) is 11.4 Å². The average Bonchev–Trinajstić information content (AvgIpc) is 2.49. The Labute approximate surface area is 142 Å². The Morgan fingerprint density at radius 1 is 1.52 bits per heavy atom. The van der Waals surface area contributed by atoms with Gasteiger partial charge < -0.3 is 9.64 Å². The zero-order chi connectivity index (χ0) is 17.7. The van der Waals surface area contributed by atoms with E-state index in [0.29, 0.717) is 10.1 Å². The smallest absolute Gasteiger partial charge is 0.259 e. The monoisotopic (exact) mass is 386 g/mol. The number of nitrogens with zero attached hydrogens (tertiary/aromatic N) is 2. The van der Waals surface area contributed by atoms with Crippen LogP contribution in [0.5, 0.6) is 5.88 Å². The third-order valence-electron chi connectivity index (χ3n) is 3.22. The predicted octanol–water partition coefficient (Wildman–Crippen LogP) is 4.01. The molecule has 1 atom stereocenters. The largest absolute Gasteiger partial charge is 0.480 e. The first-order valence-electron chi connectivity index (χ1n) is 6.56. The summed E-state index contributed by atoms with van der Waals surface area (Å²) in [4.78, 5) is 17.6.